The van der Waals surface area contributed by atoms with Crippen LogP contribution in [0.15, 0.2) is 18.3 Å². The highest BCUT2D eigenvalue weighted by atomic mass is 18.2. The van der Waals surface area contributed by atoms with Crippen LogP contribution in [0.25, 0.3) is 0 Å². The van der Waals surface area contributed by atoms with Crippen molar-refractivity contribution in [3.8, 4) is 0 Å². The lowest BCUT2D eigenvalue weighted by atomic mass is 10.1. The molecule has 0 aromatic carbocycles. The van der Waals surface area contributed by atoms with Crippen LogP contribution in [0.1, 0.15) is 42.5 Å². The minimum Gasteiger partial charge on any atom is -0.481 e. The Hall–Kier alpha value is -4.30. The SMILES string of the molecule is O=C(O)C[C@H](NC(=O)N[C@@H](CCCCNC(=O)CCNC(=O)c1ccc([18F])nc1)C(=O)O)C(=O)O. The van der Waals surface area contributed by atoms with Gasteiger partial charge in [-0.2, -0.15) is 4.39 Å². The number of nitrogens with zero attached hydrogens (tertiary/aromatic N) is 1. The van der Waals surface area contributed by atoms with Crippen molar-refractivity contribution in [2.75, 3.05) is 13.1 Å². The fraction of sp³-hybridized carbons (Fsp3) is 0.450. The van der Waals surface area contributed by atoms with Gasteiger partial charge in [-0.1, -0.05) is 0 Å². The summed E-state index contributed by atoms with van der Waals surface area (Å²) in [5.41, 5.74) is 0.141. The Balaban J connectivity index is 2.28. The zero-order chi connectivity index (χ0) is 26.4. The summed E-state index contributed by atoms with van der Waals surface area (Å²) in [6.07, 6.45) is 0.770. The number of urea groups is 1. The minimum atomic E-state index is -1.73. The Kier molecular flexibility index (Phi) is 12.1. The van der Waals surface area contributed by atoms with Gasteiger partial charge in [0.2, 0.25) is 11.9 Å². The number of hydrogen-bond donors (Lipinski definition) is 7. The van der Waals surface area contributed by atoms with E-state index in [0.29, 0.717) is 6.42 Å². The van der Waals surface area contributed by atoms with Crippen LogP contribution in [0.4, 0.5) is 9.18 Å². The average Bonchev–Trinajstić information content (AvgIpc) is 2.77. The van der Waals surface area contributed by atoms with E-state index in [9.17, 15) is 38.3 Å². The van der Waals surface area contributed by atoms with E-state index in [1.165, 1.54) is 6.07 Å². The van der Waals surface area contributed by atoms with E-state index in [-0.39, 0.29) is 43.8 Å². The van der Waals surface area contributed by atoms with Crippen LogP contribution in [-0.2, 0) is 19.2 Å². The van der Waals surface area contributed by atoms with Crippen molar-refractivity contribution in [1.29, 1.82) is 0 Å². The minimum absolute atomic E-state index is 0.0269. The summed E-state index contributed by atoms with van der Waals surface area (Å²) in [5, 5.41) is 35.8. The fourth-order valence-corrected chi connectivity index (χ4v) is 2.68. The predicted octanol–water partition coefficient (Wildman–Crippen LogP) is -0.693. The van der Waals surface area contributed by atoms with Crippen molar-refractivity contribution in [2.24, 2.45) is 0 Å². The van der Waals surface area contributed by atoms with E-state index in [1.54, 1.807) is 0 Å². The summed E-state index contributed by atoms with van der Waals surface area (Å²) in [7, 11) is 0. The smallest absolute Gasteiger partial charge is 0.326 e. The van der Waals surface area contributed by atoms with Gasteiger partial charge in [0.1, 0.15) is 12.1 Å². The number of halogens is 1. The summed E-state index contributed by atoms with van der Waals surface area (Å²) in [4.78, 5) is 71.8. The number of carbonyl (C=O) groups excluding carboxylic acids is 3. The Morgan fingerprint density at radius 3 is 2.11 bits per heavy atom. The van der Waals surface area contributed by atoms with Crippen molar-refractivity contribution in [3.05, 3.63) is 29.8 Å². The highest BCUT2D eigenvalue weighted by molar-refractivity contribution is 5.94. The predicted molar refractivity (Wildman–Crippen MR) is 115 cm³/mol. The van der Waals surface area contributed by atoms with Gasteiger partial charge in [0.25, 0.3) is 5.91 Å². The van der Waals surface area contributed by atoms with Crippen molar-refractivity contribution < 1.29 is 48.5 Å². The molecule has 0 fully saturated rings. The number of rotatable bonds is 15. The summed E-state index contributed by atoms with van der Waals surface area (Å²) in [5.74, 6) is -6.02. The largest absolute Gasteiger partial charge is 0.481 e. The van der Waals surface area contributed by atoms with Crippen LogP contribution < -0.4 is 21.3 Å². The number of carbonyl (C=O) groups is 6. The molecule has 15 heteroatoms. The molecule has 35 heavy (non-hydrogen) atoms. The molecule has 4 amide bonds. The van der Waals surface area contributed by atoms with E-state index in [0.717, 1.165) is 12.3 Å². The van der Waals surface area contributed by atoms with Gasteiger partial charge in [-0.15, -0.1) is 0 Å². The molecule has 0 radical (unpaired) electrons. The van der Waals surface area contributed by atoms with E-state index in [2.05, 4.69) is 20.9 Å². The number of pyridine rings is 1. The molecule has 0 spiro atoms. The maximum Gasteiger partial charge on any atom is 0.326 e. The Morgan fingerprint density at radius 2 is 1.54 bits per heavy atom. The second kappa shape index (κ2) is 14.8. The number of aliphatic carboxylic acids is 3. The van der Waals surface area contributed by atoms with Crippen LogP contribution >= 0.6 is 0 Å². The zero-order valence-corrected chi connectivity index (χ0v) is 18.5. The van der Waals surface area contributed by atoms with E-state index in [4.69, 9.17) is 10.2 Å². The van der Waals surface area contributed by atoms with Crippen LogP contribution in [0.3, 0.4) is 0 Å². The second-order valence-electron chi connectivity index (χ2n) is 7.22. The molecule has 1 rings (SSSR count). The summed E-state index contributed by atoms with van der Waals surface area (Å²) >= 11 is 0. The molecule has 0 aliphatic carbocycles. The zero-order valence-electron chi connectivity index (χ0n) is 18.5. The van der Waals surface area contributed by atoms with Gasteiger partial charge in [0, 0.05) is 25.7 Å². The first-order valence-corrected chi connectivity index (χ1v) is 10.4. The lowest BCUT2D eigenvalue weighted by Gasteiger charge is -2.17. The number of hydrogen-bond acceptors (Lipinski definition) is 7. The molecule has 0 unspecified atom stereocenters. The standard InChI is InChI=1S/C20H26FN5O9/c21-14-5-4-11(10-24-14)17(30)23-8-6-15(27)22-7-2-1-3-12(18(31)32)25-20(35)26-13(19(33)34)9-16(28)29/h4-5,10,12-13H,1-3,6-9H2,(H,22,27)(H,23,30)(H,28,29)(H,31,32)(H,33,34)(H2,25,26,35)/t12-,13-/m0/s1/i21-1. The molecule has 1 heterocycles. The maximum atomic E-state index is 12.7. The van der Waals surface area contributed by atoms with Gasteiger partial charge in [-0.25, -0.2) is 19.4 Å². The summed E-state index contributed by atoms with van der Waals surface area (Å²) in [6, 6.07) is -1.94. The van der Waals surface area contributed by atoms with Crippen LogP contribution in [0.5, 0.6) is 0 Å². The quantitative estimate of drug-likeness (QED) is 0.119. The molecule has 192 valence electrons. The van der Waals surface area contributed by atoms with Crippen LogP contribution in [-0.4, -0.2) is 81.2 Å². The van der Waals surface area contributed by atoms with Gasteiger partial charge < -0.3 is 36.6 Å². The van der Waals surface area contributed by atoms with Crippen LogP contribution in [0, 0.1) is 5.95 Å². The fourth-order valence-electron chi connectivity index (χ4n) is 2.68. The number of nitrogens with one attached hydrogen (secondary N) is 4. The number of aromatic nitrogens is 1. The van der Waals surface area contributed by atoms with Crippen molar-refractivity contribution in [1.82, 2.24) is 26.3 Å². The number of amides is 4. The van der Waals surface area contributed by atoms with Gasteiger partial charge >= 0.3 is 23.9 Å². The third-order valence-electron chi connectivity index (χ3n) is 4.45. The first-order valence-electron chi connectivity index (χ1n) is 10.4. The molecular formula is C20H26FN5O9. The summed E-state index contributed by atoms with van der Waals surface area (Å²) < 4.78 is 12.7. The normalized spacial score (nSPS) is 12.0. The van der Waals surface area contributed by atoms with Crippen molar-refractivity contribution >= 4 is 35.8 Å². The lowest BCUT2D eigenvalue weighted by Crippen LogP contribution is -2.51. The van der Waals surface area contributed by atoms with E-state index in [1.807, 2.05) is 5.32 Å². The van der Waals surface area contributed by atoms with Gasteiger partial charge in [0.15, 0.2) is 0 Å². The van der Waals surface area contributed by atoms with Gasteiger partial charge in [-0.3, -0.25) is 14.4 Å². The number of unbranched alkanes of at least 4 members (excludes halogenated alkanes) is 1. The molecule has 0 saturated heterocycles. The maximum absolute atomic E-state index is 12.7. The monoisotopic (exact) mass is 498 g/mol. The highest BCUT2D eigenvalue weighted by Gasteiger charge is 2.26. The third kappa shape index (κ3) is 11.9. The van der Waals surface area contributed by atoms with Gasteiger partial charge in [0.05, 0.1) is 12.0 Å². The van der Waals surface area contributed by atoms with E-state index >= 15 is 0 Å². The molecule has 14 nitrogen and oxygen atoms in total. The van der Waals surface area contributed by atoms with Gasteiger partial charge in [-0.05, 0) is 31.4 Å². The second-order valence-corrected chi connectivity index (χ2v) is 7.22. The molecule has 1 aromatic heterocycles. The van der Waals surface area contributed by atoms with Crippen molar-refractivity contribution in [2.45, 2.75) is 44.2 Å². The molecule has 0 saturated carbocycles. The Morgan fingerprint density at radius 1 is 0.886 bits per heavy atom. The first-order chi connectivity index (χ1) is 16.5. The first kappa shape index (κ1) is 28.7. The molecular weight excluding hydrogens is 472 g/mol. The Labute approximate surface area is 198 Å². The molecule has 1 aromatic rings. The number of carboxylic acids is 3. The molecule has 0 aliphatic rings. The average molecular weight is 498 g/mol. The lowest BCUT2D eigenvalue weighted by molar-refractivity contribution is -0.145. The highest BCUT2D eigenvalue weighted by Crippen LogP contribution is 2.02. The topological polar surface area (TPSA) is 224 Å². The number of carboxylic acid groups (broad SMARTS) is 3. The molecule has 2 atom stereocenters. The summed E-state index contributed by atoms with van der Waals surface area (Å²) in [6.45, 7) is 0.230. The van der Waals surface area contributed by atoms with E-state index < -0.39 is 54.3 Å². The molecule has 0 bridgehead atoms. The third-order valence-corrected chi connectivity index (χ3v) is 4.45. The Bertz CT molecular complexity index is 926. The van der Waals surface area contributed by atoms with Crippen molar-refractivity contribution in [3.63, 3.8) is 0 Å². The molecule has 0 aliphatic heterocycles. The van der Waals surface area contributed by atoms with Crippen LogP contribution in [0.2, 0.25) is 0 Å². The molecule has 7 N–H and O–H groups in total.